The Morgan fingerprint density at radius 2 is 1.81 bits per heavy atom. The minimum absolute atomic E-state index is 0. The molecule has 0 radical (unpaired) electrons. The first kappa shape index (κ1) is 18.0. The van der Waals surface area contributed by atoms with Gasteiger partial charge in [-0.2, -0.15) is 25.9 Å². The van der Waals surface area contributed by atoms with Crippen LogP contribution in [0.4, 0.5) is 11.5 Å². The van der Waals surface area contributed by atoms with Crippen molar-refractivity contribution in [3.63, 3.8) is 0 Å². The van der Waals surface area contributed by atoms with E-state index in [1.54, 1.807) is 12.4 Å². The number of hydrogen-bond acceptors (Lipinski definition) is 3. The molecule has 3 nitrogen and oxygen atoms in total. The van der Waals surface area contributed by atoms with Crippen LogP contribution >= 0.6 is 19.8 Å². The van der Waals surface area contributed by atoms with Gasteiger partial charge in [0.05, 0.1) is 0 Å². The average Bonchev–Trinajstić information content (AvgIpc) is 2.21. The molecule has 90 valence electrons. The van der Waals surface area contributed by atoms with Crippen molar-refractivity contribution in [3.8, 4) is 0 Å². The van der Waals surface area contributed by atoms with Crippen molar-refractivity contribution in [3.05, 3.63) is 48.9 Å². The van der Waals surface area contributed by atoms with Crippen LogP contribution in [0.5, 0.6) is 0 Å². The standard InChI is InChI=1S/C10H8N3.2H3P.Pd/c1-2-7-12-10(5-1)13-9-4-3-6-11-8-9;;;/h1-7H,(H,12,13);2*1H3;/q-1;;;. The van der Waals surface area contributed by atoms with Gasteiger partial charge in [0, 0.05) is 26.6 Å². The van der Waals surface area contributed by atoms with E-state index in [-0.39, 0.29) is 40.2 Å². The molecule has 2 aromatic rings. The largest absolute Gasteiger partial charge is 0.392 e. The summed E-state index contributed by atoms with van der Waals surface area (Å²) in [6, 6.07) is 9.42. The van der Waals surface area contributed by atoms with Gasteiger partial charge in [-0.1, -0.05) is 24.1 Å². The fourth-order valence-corrected chi connectivity index (χ4v) is 0.971. The van der Waals surface area contributed by atoms with E-state index in [1.165, 1.54) is 0 Å². The summed E-state index contributed by atoms with van der Waals surface area (Å²) < 4.78 is 0. The maximum absolute atomic E-state index is 4.12. The van der Waals surface area contributed by atoms with E-state index in [1.807, 2.05) is 30.3 Å². The topological polar surface area (TPSA) is 37.8 Å². The summed E-state index contributed by atoms with van der Waals surface area (Å²) in [6.07, 6.45) is 6.23. The van der Waals surface area contributed by atoms with Crippen LogP contribution in [-0.2, 0) is 20.4 Å². The number of hydrogen-bond donors (Lipinski definition) is 1. The van der Waals surface area contributed by atoms with Crippen molar-refractivity contribution in [1.29, 1.82) is 0 Å². The van der Waals surface area contributed by atoms with Crippen LogP contribution in [0.3, 0.4) is 0 Å². The third-order valence-electron chi connectivity index (χ3n) is 1.54. The number of aromatic nitrogens is 2. The van der Waals surface area contributed by atoms with Crippen LogP contribution in [0.1, 0.15) is 0 Å². The third-order valence-corrected chi connectivity index (χ3v) is 1.54. The van der Waals surface area contributed by atoms with E-state index < -0.39 is 0 Å². The summed E-state index contributed by atoms with van der Waals surface area (Å²) in [5, 5.41) is 3.07. The summed E-state index contributed by atoms with van der Waals surface area (Å²) in [5.41, 5.74) is 0.821. The van der Waals surface area contributed by atoms with Gasteiger partial charge in [0.2, 0.25) is 0 Å². The van der Waals surface area contributed by atoms with Gasteiger partial charge in [-0.25, -0.2) is 4.98 Å². The number of anilines is 2. The normalized spacial score (nSPS) is 7.75. The second-order valence-electron chi connectivity index (χ2n) is 2.50. The molecule has 0 aliphatic carbocycles. The second kappa shape index (κ2) is 9.82. The zero-order valence-electron chi connectivity index (χ0n) is 8.67. The Bertz CT molecular complexity index is 335. The van der Waals surface area contributed by atoms with Gasteiger partial charge in [-0.05, 0) is 12.1 Å². The molecule has 2 rings (SSSR count). The first-order valence-electron chi connectivity index (χ1n) is 3.96. The van der Waals surface area contributed by atoms with Gasteiger partial charge in [0.25, 0.3) is 0 Å². The van der Waals surface area contributed by atoms with Crippen LogP contribution in [-0.4, -0.2) is 9.97 Å². The first-order valence-corrected chi connectivity index (χ1v) is 3.96. The molecule has 16 heavy (non-hydrogen) atoms. The van der Waals surface area contributed by atoms with E-state index in [0.29, 0.717) is 0 Å². The molecular weight excluding hydrogens is 330 g/mol. The van der Waals surface area contributed by atoms with Crippen LogP contribution in [0.2, 0.25) is 0 Å². The average molecular weight is 345 g/mol. The molecule has 0 amide bonds. The summed E-state index contributed by atoms with van der Waals surface area (Å²) in [6.45, 7) is 0. The van der Waals surface area contributed by atoms with Gasteiger partial charge < -0.3 is 10.3 Å². The van der Waals surface area contributed by atoms with Crippen LogP contribution in [0.15, 0.2) is 42.7 Å². The van der Waals surface area contributed by atoms with Crippen molar-refractivity contribution < 1.29 is 20.4 Å². The summed E-state index contributed by atoms with van der Waals surface area (Å²) in [7, 11) is 0. The maximum atomic E-state index is 4.12. The smallest absolute Gasteiger partial charge is 0.128 e. The predicted molar refractivity (Wildman–Crippen MR) is 72.8 cm³/mol. The molecule has 0 bridgehead atoms. The Hall–Kier alpha value is -0.378. The van der Waals surface area contributed by atoms with Gasteiger partial charge in [-0.3, -0.25) is 0 Å². The minimum Gasteiger partial charge on any atom is -0.392 e. The Labute approximate surface area is 116 Å². The fraction of sp³-hybridized carbons (Fsp3) is 0. The van der Waals surface area contributed by atoms with Crippen LogP contribution in [0, 0.1) is 6.20 Å². The fourth-order valence-electron chi connectivity index (χ4n) is 0.971. The van der Waals surface area contributed by atoms with Gasteiger partial charge in [0.15, 0.2) is 0 Å². The molecule has 0 fully saturated rings. The molecule has 0 aromatic carbocycles. The molecule has 6 heteroatoms. The molecule has 0 aliphatic rings. The van der Waals surface area contributed by atoms with E-state index >= 15 is 0 Å². The van der Waals surface area contributed by atoms with E-state index in [2.05, 4.69) is 21.5 Å². The molecule has 2 atom stereocenters. The molecule has 2 heterocycles. The van der Waals surface area contributed by atoms with Crippen molar-refractivity contribution >= 4 is 31.3 Å². The quantitative estimate of drug-likeness (QED) is 0.515. The molecular formula is C10H14N3P2Pd-. The van der Waals surface area contributed by atoms with E-state index in [9.17, 15) is 0 Å². The van der Waals surface area contributed by atoms with Crippen LogP contribution < -0.4 is 5.32 Å². The minimum atomic E-state index is 0. The van der Waals surface area contributed by atoms with Gasteiger partial charge in [0.1, 0.15) is 5.82 Å². The van der Waals surface area contributed by atoms with Crippen LogP contribution in [0.25, 0.3) is 0 Å². The van der Waals surface area contributed by atoms with E-state index in [4.69, 9.17) is 0 Å². The summed E-state index contributed by atoms with van der Waals surface area (Å²) in [5.74, 6) is 0.798. The number of pyridine rings is 2. The van der Waals surface area contributed by atoms with E-state index in [0.717, 1.165) is 11.5 Å². The molecule has 2 unspecified atom stereocenters. The predicted octanol–water partition coefficient (Wildman–Crippen LogP) is 2.13. The molecule has 0 spiro atoms. The second-order valence-corrected chi connectivity index (χ2v) is 2.50. The molecule has 2 aromatic heterocycles. The molecule has 0 saturated heterocycles. The number of rotatable bonds is 2. The zero-order chi connectivity index (χ0) is 8.93. The Morgan fingerprint density at radius 3 is 2.38 bits per heavy atom. The number of nitrogens with one attached hydrogen (secondary N) is 1. The molecule has 0 aliphatic heterocycles. The maximum Gasteiger partial charge on any atom is 0.128 e. The Balaban J connectivity index is 0. The van der Waals surface area contributed by atoms with Crippen molar-refractivity contribution in [2.75, 3.05) is 5.32 Å². The SMILES string of the molecule is P.P.[Pd].[c-]1ncccc1Nc1ccccn1. The first-order chi connectivity index (χ1) is 6.45. The molecule has 1 N–H and O–H groups in total. The van der Waals surface area contributed by atoms with Gasteiger partial charge >= 0.3 is 0 Å². The third kappa shape index (κ3) is 5.64. The Kier molecular flexibility index (Phi) is 11.0. The Morgan fingerprint density at radius 1 is 1.00 bits per heavy atom. The molecule has 0 saturated carbocycles. The number of nitrogens with zero attached hydrogens (tertiary/aromatic N) is 2. The summed E-state index contributed by atoms with van der Waals surface area (Å²) in [4.78, 5) is 7.98. The van der Waals surface area contributed by atoms with Gasteiger partial charge in [-0.15, -0.1) is 6.07 Å². The monoisotopic (exact) mass is 344 g/mol. The zero-order valence-corrected chi connectivity index (χ0v) is 13.0. The van der Waals surface area contributed by atoms with Crippen molar-refractivity contribution in [2.24, 2.45) is 0 Å². The summed E-state index contributed by atoms with van der Waals surface area (Å²) >= 11 is 0. The van der Waals surface area contributed by atoms with Crippen molar-refractivity contribution in [2.45, 2.75) is 0 Å². The van der Waals surface area contributed by atoms with Crippen molar-refractivity contribution in [1.82, 2.24) is 9.97 Å².